The summed E-state index contributed by atoms with van der Waals surface area (Å²) in [4.78, 5) is 0.828. The Morgan fingerprint density at radius 2 is 1.81 bits per heavy atom. The quantitative estimate of drug-likeness (QED) is 0.943. The Kier molecular flexibility index (Phi) is 4.17. The highest BCUT2D eigenvalue weighted by Gasteiger charge is 2.14. The highest BCUT2D eigenvalue weighted by molar-refractivity contribution is 7.84. The van der Waals surface area contributed by atoms with Crippen molar-refractivity contribution in [2.45, 2.75) is 36.5 Å². The lowest BCUT2D eigenvalue weighted by atomic mass is 10.1. The zero-order chi connectivity index (χ0) is 14.8. The first-order valence-corrected chi connectivity index (χ1v) is 8.46. The van der Waals surface area contributed by atoms with E-state index in [9.17, 15) is 8.60 Å². The fraction of sp³-hybridized carbons (Fsp3) is 0.294. The zero-order valence-corrected chi connectivity index (χ0v) is 12.6. The standard InChI is InChI=1S/C17H18FNOS/c18-16-7-12(10-19)6-13(8-16)11-21(20)17-5-4-14-2-1-3-15(14)9-17/h4-9H,1-3,10-11,19H2. The topological polar surface area (TPSA) is 43.1 Å². The summed E-state index contributed by atoms with van der Waals surface area (Å²) in [6.45, 7) is 0.288. The van der Waals surface area contributed by atoms with Crippen LogP contribution in [0.5, 0.6) is 0 Å². The van der Waals surface area contributed by atoms with E-state index >= 15 is 0 Å². The number of aryl methyl sites for hydroxylation is 2. The van der Waals surface area contributed by atoms with Gasteiger partial charge in [-0.2, -0.15) is 0 Å². The zero-order valence-electron chi connectivity index (χ0n) is 11.8. The van der Waals surface area contributed by atoms with Crippen LogP contribution in [0.2, 0.25) is 0 Å². The summed E-state index contributed by atoms with van der Waals surface area (Å²) >= 11 is 0. The second-order valence-corrected chi connectivity index (χ2v) is 6.90. The molecule has 0 spiro atoms. The molecule has 4 heteroatoms. The number of hydrogen-bond donors (Lipinski definition) is 1. The van der Waals surface area contributed by atoms with Gasteiger partial charge in [0.05, 0.1) is 16.6 Å². The Labute approximate surface area is 126 Å². The highest BCUT2D eigenvalue weighted by atomic mass is 32.2. The van der Waals surface area contributed by atoms with E-state index in [1.54, 1.807) is 0 Å². The third-order valence-corrected chi connectivity index (χ3v) is 5.26. The molecule has 0 heterocycles. The van der Waals surface area contributed by atoms with Gasteiger partial charge in [0.25, 0.3) is 0 Å². The molecule has 3 rings (SSSR count). The first-order valence-electron chi connectivity index (χ1n) is 7.14. The van der Waals surface area contributed by atoms with Crippen LogP contribution in [0.4, 0.5) is 4.39 Å². The minimum Gasteiger partial charge on any atom is -0.326 e. The molecule has 2 nitrogen and oxygen atoms in total. The molecule has 0 saturated heterocycles. The largest absolute Gasteiger partial charge is 0.326 e. The highest BCUT2D eigenvalue weighted by Crippen LogP contribution is 2.25. The Bertz CT molecular complexity index is 699. The van der Waals surface area contributed by atoms with E-state index in [1.165, 1.54) is 29.7 Å². The maximum Gasteiger partial charge on any atom is 0.123 e. The number of fused-ring (bicyclic) bond motifs is 1. The Morgan fingerprint density at radius 1 is 1.05 bits per heavy atom. The van der Waals surface area contributed by atoms with Crippen LogP contribution in [0.15, 0.2) is 41.3 Å². The van der Waals surface area contributed by atoms with Crippen LogP contribution in [-0.2, 0) is 35.9 Å². The molecule has 0 bridgehead atoms. The van der Waals surface area contributed by atoms with Gasteiger partial charge < -0.3 is 5.73 Å². The van der Waals surface area contributed by atoms with Crippen LogP contribution in [0.1, 0.15) is 28.7 Å². The van der Waals surface area contributed by atoms with E-state index < -0.39 is 10.8 Å². The van der Waals surface area contributed by atoms with Gasteiger partial charge in [0.15, 0.2) is 0 Å². The lowest BCUT2D eigenvalue weighted by Crippen LogP contribution is -2.02. The smallest absolute Gasteiger partial charge is 0.123 e. The van der Waals surface area contributed by atoms with E-state index in [1.807, 2.05) is 18.2 Å². The number of halogens is 1. The molecule has 110 valence electrons. The number of benzene rings is 2. The van der Waals surface area contributed by atoms with Crippen LogP contribution in [0.25, 0.3) is 0 Å². The molecule has 0 saturated carbocycles. The summed E-state index contributed by atoms with van der Waals surface area (Å²) in [5, 5.41) is 0. The van der Waals surface area contributed by atoms with E-state index in [0.717, 1.165) is 28.9 Å². The van der Waals surface area contributed by atoms with Gasteiger partial charge in [0.1, 0.15) is 5.82 Å². The average Bonchev–Trinajstić information content (AvgIpc) is 2.93. The number of nitrogens with two attached hydrogens (primary N) is 1. The van der Waals surface area contributed by atoms with Crippen LogP contribution < -0.4 is 5.73 Å². The monoisotopic (exact) mass is 303 g/mol. The van der Waals surface area contributed by atoms with Crippen molar-refractivity contribution >= 4 is 10.8 Å². The van der Waals surface area contributed by atoms with Gasteiger partial charge in [-0.1, -0.05) is 12.1 Å². The maximum absolute atomic E-state index is 13.5. The molecule has 2 N–H and O–H groups in total. The molecule has 21 heavy (non-hydrogen) atoms. The lowest BCUT2D eigenvalue weighted by Gasteiger charge is -2.07. The van der Waals surface area contributed by atoms with Crippen LogP contribution >= 0.6 is 0 Å². The fourth-order valence-electron chi connectivity index (χ4n) is 2.84. The first kappa shape index (κ1) is 14.4. The molecule has 0 fully saturated rings. The Hall–Kier alpha value is -1.52. The van der Waals surface area contributed by atoms with Crippen molar-refractivity contribution < 1.29 is 8.60 Å². The molecule has 1 aliphatic rings. The average molecular weight is 303 g/mol. The minimum absolute atomic E-state index is 0.288. The molecule has 1 aliphatic carbocycles. The van der Waals surface area contributed by atoms with Gasteiger partial charge in [-0.15, -0.1) is 0 Å². The van der Waals surface area contributed by atoms with Gasteiger partial charge in [-0.25, -0.2) is 4.39 Å². The van der Waals surface area contributed by atoms with Gasteiger partial charge in [0.2, 0.25) is 0 Å². The third-order valence-electron chi connectivity index (χ3n) is 3.88. The van der Waals surface area contributed by atoms with Crippen LogP contribution in [-0.4, -0.2) is 4.21 Å². The summed E-state index contributed by atoms with van der Waals surface area (Å²) in [5.41, 5.74) is 9.69. The summed E-state index contributed by atoms with van der Waals surface area (Å²) in [5.74, 6) is 0.00250. The van der Waals surface area contributed by atoms with E-state index in [2.05, 4.69) is 6.07 Å². The van der Waals surface area contributed by atoms with Crippen molar-refractivity contribution in [2.24, 2.45) is 5.73 Å². The molecular weight excluding hydrogens is 285 g/mol. The predicted molar refractivity (Wildman–Crippen MR) is 82.9 cm³/mol. The lowest BCUT2D eigenvalue weighted by molar-refractivity contribution is 0.623. The second kappa shape index (κ2) is 6.08. The third kappa shape index (κ3) is 3.22. The summed E-state index contributed by atoms with van der Waals surface area (Å²) in [6, 6.07) is 10.7. The Morgan fingerprint density at radius 3 is 2.62 bits per heavy atom. The molecule has 0 aromatic heterocycles. The summed E-state index contributed by atoms with van der Waals surface area (Å²) in [7, 11) is -1.15. The van der Waals surface area contributed by atoms with Gasteiger partial charge in [-0.05, 0) is 65.8 Å². The second-order valence-electron chi connectivity index (χ2n) is 5.45. The summed E-state index contributed by atoms with van der Waals surface area (Å²) in [6.07, 6.45) is 3.36. The molecule has 1 unspecified atom stereocenters. The first-order chi connectivity index (χ1) is 10.2. The fourth-order valence-corrected chi connectivity index (χ4v) is 3.97. The molecular formula is C17H18FNOS. The molecule has 2 aromatic rings. The van der Waals surface area contributed by atoms with Crippen molar-refractivity contribution in [3.05, 3.63) is 64.5 Å². The van der Waals surface area contributed by atoms with Gasteiger partial charge in [0, 0.05) is 11.4 Å². The Balaban J connectivity index is 1.81. The van der Waals surface area contributed by atoms with Crippen molar-refractivity contribution in [2.75, 3.05) is 0 Å². The SMILES string of the molecule is NCc1cc(F)cc(CS(=O)c2ccc3c(c2)CCC3)c1. The normalized spacial score (nSPS) is 15.0. The van der Waals surface area contributed by atoms with Gasteiger partial charge in [-0.3, -0.25) is 4.21 Å². The van der Waals surface area contributed by atoms with Crippen molar-refractivity contribution in [3.63, 3.8) is 0 Å². The van der Waals surface area contributed by atoms with E-state index in [-0.39, 0.29) is 12.4 Å². The maximum atomic E-state index is 13.5. The predicted octanol–water partition coefficient (Wildman–Crippen LogP) is 3.08. The van der Waals surface area contributed by atoms with Crippen molar-refractivity contribution in [1.82, 2.24) is 0 Å². The van der Waals surface area contributed by atoms with Crippen LogP contribution in [0.3, 0.4) is 0 Å². The van der Waals surface area contributed by atoms with Crippen molar-refractivity contribution in [3.8, 4) is 0 Å². The van der Waals surface area contributed by atoms with Gasteiger partial charge >= 0.3 is 0 Å². The van der Waals surface area contributed by atoms with Crippen LogP contribution in [0, 0.1) is 5.82 Å². The molecule has 1 atom stereocenters. The molecule has 0 aliphatic heterocycles. The van der Waals surface area contributed by atoms with E-state index in [4.69, 9.17) is 5.73 Å². The molecule has 0 radical (unpaired) electrons. The number of hydrogen-bond acceptors (Lipinski definition) is 2. The number of rotatable bonds is 4. The minimum atomic E-state index is -1.15. The molecule has 2 aromatic carbocycles. The molecule has 0 amide bonds. The van der Waals surface area contributed by atoms with Crippen molar-refractivity contribution in [1.29, 1.82) is 0 Å². The summed E-state index contributed by atoms with van der Waals surface area (Å²) < 4.78 is 26.0. The van der Waals surface area contributed by atoms with E-state index in [0.29, 0.717) is 5.75 Å².